The highest BCUT2D eigenvalue weighted by Crippen LogP contribution is 2.49. The minimum absolute atomic E-state index is 0.0607. The number of phenols is 1. The molecule has 2 amide bonds. The highest BCUT2D eigenvalue weighted by atomic mass is 16.5. The molecule has 2 heterocycles. The molecule has 1 aromatic rings. The summed E-state index contributed by atoms with van der Waals surface area (Å²) in [5.41, 5.74) is 4.33. The number of amides is 2. The molecule has 1 aromatic carbocycles. The molecule has 6 heteroatoms. The normalized spacial score (nSPS) is 27.4. The first kappa shape index (κ1) is 23.7. The summed E-state index contributed by atoms with van der Waals surface area (Å²) in [6.07, 6.45) is 6.93. The van der Waals surface area contributed by atoms with E-state index < -0.39 is 0 Å². The van der Waals surface area contributed by atoms with E-state index in [4.69, 9.17) is 4.74 Å². The van der Waals surface area contributed by atoms with Gasteiger partial charge in [0.2, 0.25) is 11.8 Å². The summed E-state index contributed by atoms with van der Waals surface area (Å²) >= 11 is 0. The number of hydrogen-bond donors (Lipinski definition) is 2. The number of rotatable bonds is 9. The molecule has 0 saturated carbocycles. The van der Waals surface area contributed by atoms with Crippen LogP contribution in [0.25, 0.3) is 6.08 Å². The van der Waals surface area contributed by atoms with Crippen LogP contribution in [-0.4, -0.2) is 52.8 Å². The largest absolute Gasteiger partial charge is 0.508 e. The second-order valence-electron chi connectivity index (χ2n) is 9.49. The summed E-state index contributed by atoms with van der Waals surface area (Å²) in [6.45, 7) is 4.95. The van der Waals surface area contributed by atoms with Crippen molar-refractivity contribution in [2.24, 2.45) is 17.8 Å². The number of allylic oxidation sites excluding steroid dienone is 1. The van der Waals surface area contributed by atoms with Crippen LogP contribution in [0.1, 0.15) is 57.9 Å². The average Bonchev–Trinajstić information content (AvgIpc) is 3.33. The molecular weight excluding hydrogens is 418 g/mol. The zero-order valence-corrected chi connectivity index (χ0v) is 19.6. The topological polar surface area (TPSA) is 87.1 Å². The van der Waals surface area contributed by atoms with E-state index in [1.807, 2.05) is 19.1 Å². The summed E-state index contributed by atoms with van der Waals surface area (Å²) in [7, 11) is 0. The van der Waals surface area contributed by atoms with E-state index in [0.717, 1.165) is 48.8 Å². The molecule has 4 atom stereocenters. The molecule has 2 saturated heterocycles. The van der Waals surface area contributed by atoms with Crippen LogP contribution in [0.3, 0.4) is 0 Å². The van der Waals surface area contributed by atoms with Gasteiger partial charge in [-0.3, -0.25) is 14.5 Å². The fraction of sp³-hybridized carbons (Fsp3) is 0.556. The molecule has 33 heavy (non-hydrogen) atoms. The van der Waals surface area contributed by atoms with Crippen LogP contribution in [0.2, 0.25) is 0 Å². The molecule has 178 valence electrons. The number of carbonyl (C=O) groups is 2. The van der Waals surface area contributed by atoms with Gasteiger partial charge in [-0.05, 0) is 60.9 Å². The van der Waals surface area contributed by atoms with Gasteiger partial charge in [-0.15, -0.1) is 0 Å². The first-order valence-electron chi connectivity index (χ1n) is 12.3. The summed E-state index contributed by atoms with van der Waals surface area (Å²) in [4.78, 5) is 27.4. The summed E-state index contributed by atoms with van der Waals surface area (Å²) in [5, 5.41) is 19.7. The molecular formula is C27H35NO5. The van der Waals surface area contributed by atoms with Gasteiger partial charge in [0.25, 0.3) is 0 Å². The fourth-order valence-electron chi connectivity index (χ4n) is 5.84. The third-order valence-corrected chi connectivity index (χ3v) is 7.30. The average molecular weight is 454 g/mol. The number of aliphatic hydroxyl groups excluding tert-OH is 1. The highest BCUT2D eigenvalue weighted by molar-refractivity contribution is 6.05. The molecule has 2 N–H and O–H groups in total. The van der Waals surface area contributed by atoms with Crippen LogP contribution in [0.15, 0.2) is 41.0 Å². The summed E-state index contributed by atoms with van der Waals surface area (Å²) in [6, 6.07) is 7.20. The number of aliphatic hydroxyl groups is 1. The van der Waals surface area contributed by atoms with Crippen LogP contribution >= 0.6 is 0 Å². The van der Waals surface area contributed by atoms with Gasteiger partial charge < -0.3 is 14.9 Å². The number of imide groups is 1. The monoisotopic (exact) mass is 453 g/mol. The van der Waals surface area contributed by atoms with E-state index in [-0.39, 0.29) is 48.0 Å². The molecule has 2 fully saturated rings. The molecule has 1 aliphatic carbocycles. The van der Waals surface area contributed by atoms with Crippen molar-refractivity contribution in [2.45, 2.75) is 58.5 Å². The van der Waals surface area contributed by atoms with Gasteiger partial charge >= 0.3 is 0 Å². The number of benzene rings is 1. The zero-order chi connectivity index (χ0) is 23.5. The van der Waals surface area contributed by atoms with Gasteiger partial charge in [-0.25, -0.2) is 0 Å². The van der Waals surface area contributed by atoms with E-state index >= 15 is 0 Å². The predicted octanol–water partition coefficient (Wildman–Crippen LogP) is 4.07. The van der Waals surface area contributed by atoms with Crippen LogP contribution in [0, 0.1) is 17.8 Å². The predicted molar refractivity (Wildman–Crippen MR) is 126 cm³/mol. The Morgan fingerprint density at radius 2 is 1.85 bits per heavy atom. The van der Waals surface area contributed by atoms with Crippen LogP contribution in [-0.2, 0) is 14.3 Å². The summed E-state index contributed by atoms with van der Waals surface area (Å²) < 4.78 is 6.20. The molecule has 6 nitrogen and oxygen atoms in total. The van der Waals surface area contributed by atoms with Crippen LogP contribution in [0.5, 0.6) is 5.75 Å². The second-order valence-corrected chi connectivity index (χ2v) is 9.49. The van der Waals surface area contributed by atoms with E-state index in [1.165, 1.54) is 10.5 Å². The Bertz CT molecular complexity index is 948. The Hall–Kier alpha value is -2.44. The molecule has 0 bridgehead atoms. The molecule has 3 aliphatic rings. The van der Waals surface area contributed by atoms with Gasteiger partial charge in [0.1, 0.15) is 5.75 Å². The number of nitrogens with zero attached hydrogens (tertiary/aromatic N) is 1. The SMILES string of the molecule is CCC/C(=C\c1ccc(O)cc1)CC[C@H]1OC[C@H]2C1=C(CO)C[C@H]1C(=O)N(CCC)C(=O)[C@H]12. The molecule has 2 aliphatic heterocycles. The Labute approximate surface area is 195 Å². The van der Waals surface area contributed by atoms with E-state index in [1.54, 1.807) is 12.1 Å². The lowest BCUT2D eigenvalue weighted by molar-refractivity contribution is -0.140. The number of carbonyl (C=O) groups excluding carboxylic acids is 2. The first-order chi connectivity index (χ1) is 16.0. The number of phenolic OH excluding ortho intramolecular Hbond substituents is 1. The molecule has 0 radical (unpaired) electrons. The number of fused-ring (bicyclic) bond motifs is 3. The van der Waals surface area contributed by atoms with Gasteiger partial charge in [-0.1, -0.05) is 44.1 Å². The Balaban J connectivity index is 1.52. The number of aromatic hydroxyl groups is 1. The Morgan fingerprint density at radius 1 is 1.09 bits per heavy atom. The number of hydrogen-bond acceptors (Lipinski definition) is 5. The first-order valence-corrected chi connectivity index (χ1v) is 12.3. The van der Waals surface area contributed by atoms with Crippen LogP contribution in [0.4, 0.5) is 0 Å². The lowest BCUT2D eigenvalue weighted by Crippen LogP contribution is -2.35. The van der Waals surface area contributed by atoms with Crippen molar-refractivity contribution in [3.05, 3.63) is 46.5 Å². The molecule has 0 unspecified atom stereocenters. The minimum atomic E-state index is -0.354. The third-order valence-electron chi connectivity index (χ3n) is 7.30. The van der Waals surface area contributed by atoms with Crippen molar-refractivity contribution in [2.75, 3.05) is 19.8 Å². The second kappa shape index (κ2) is 10.2. The fourth-order valence-corrected chi connectivity index (χ4v) is 5.84. The van der Waals surface area contributed by atoms with Crippen molar-refractivity contribution in [1.29, 1.82) is 0 Å². The smallest absolute Gasteiger partial charge is 0.233 e. The lowest BCUT2D eigenvalue weighted by atomic mass is 9.69. The van der Waals surface area contributed by atoms with Crippen molar-refractivity contribution in [3.63, 3.8) is 0 Å². The van der Waals surface area contributed by atoms with Crippen molar-refractivity contribution in [3.8, 4) is 5.75 Å². The minimum Gasteiger partial charge on any atom is -0.508 e. The standard InChI is InChI=1S/C27H35NO5/c1-3-5-17(13-18-6-9-20(30)10-7-18)8-11-23-24-19(15-29)14-21-25(22(24)16-33-23)27(32)28(12-4-2)26(21)31/h6-7,9-10,13,21-23,25,29-30H,3-5,8,11-12,14-16H2,1-2H3/b17-13+/t21-,22+,23-,25-/m1/s1. The highest BCUT2D eigenvalue weighted by Gasteiger charge is 2.56. The van der Waals surface area contributed by atoms with Crippen molar-refractivity contribution in [1.82, 2.24) is 4.90 Å². The zero-order valence-electron chi connectivity index (χ0n) is 19.6. The van der Waals surface area contributed by atoms with Gasteiger partial charge in [0, 0.05) is 12.5 Å². The van der Waals surface area contributed by atoms with Crippen molar-refractivity contribution >= 4 is 17.9 Å². The van der Waals surface area contributed by atoms with Gasteiger partial charge in [-0.2, -0.15) is 0 Å². The van der Waals surface area contributed by atoms with E-state index in [9.17, 15) is 19.8 Å². The third kappa shape index (κ3) is 4.64. The molecule has 0 spiro atoms. The van der Waals surface area contributed by atoms with Crippen molar-refractivity contribution < 1.29 is 24.5 Å². The Morgan fingerprint density at radius 3 is 2.52 bits per heavy atom. The van der Waals surface area contributed by atoms with Gasteiger partial charge in [0.05, 0.1) is 31.2 Å². The quantitative estimate of drug-likeness (QED) is 0.435. The summed E-state index contributed by atoms with van der Waals surface area (Å²) in [5.74, 6) is -0.692. The van der Waals surface area contributed by atoms with E-state index in [2.05, 4.69) is 13.0 Å². The number of ether oxygens (including phenoxy) is 1. The maximum atomic E-state index is 13.1. The Kier molecular flexibility index (Phi) is 7.35. The van der Waals surface area contributed by atoms with E-state index in [0.29, 0.717) is 19.6 Å². The maximum Gasteiger partial charge on any atom is 0.233 e. The maximum absolute atomic E-state index is 13.1. The van der Waals surface area contributed by atoms with Crippen LogP contribution < -0.4 is 0 Å². The lowest BCUT2D eigenvalue weighted by Gasteiger charge is -2.31. The number of likely N-dealkylation sites (tertiary alicyclic amines) is 1. The van der Waals surface area contributed by atoms with Gasteiger partial charge in [0.15, 0.2) is 0 Å². The molecule has 0 aromatic heterocycles. The molecule has 4 rings (SSSR count).